The first-order valence-electron chi connectivity index (χ1n) is 6.66. The van der Waals surface area contributed by atoms with Gasteiger partial charge in [0, 0.05) is 29.8 Å². The van der Waals surface area contributed by atoms with Gasteiger partial charge in [0.25, 0.3) is 0 Å². The minimum atomic E-state index is -0.728. The third kappa shape index (κ3) is 3.98. The highest BCUT2D eigenvalue weighted by Gasteiger charge is 2.13. The van der Waals surface area contributed by atoms with E-state index in [0.717, 1.165) is 18.2 Å². The molecule has 112 valence electrons. The van der Waals surface area contributed by atoms with Crippen molar-refractivity contribution in [2.24, 2.45) is 0 Å². The molecule has 0 aliphatic carbocycles. The molecule has 2 nitrogen and oxygen atoms in total. The van der Waals surface area contributed by atoms with E-state index in [1.165, 1.54) is 18.2 Å². The van der Waals surface area contributed by atoms with Gasteiger partial charge in [0.1, 0.15) is 29.0 Å². The Morgan fingerprint density at radius 2 is 1.67 bits per heavy atom. The van der Waals surface area contributed by atoms with Gasteiger partial charge in [0.15, 0.2) is 0 Å². The van der Waals surface area contributed by atoms with Crippen LogP contribution in [0.15, 0.2) is 36.4 Å². The third-order valence-corrected chi connectivity index (χ3v) is 3.01. The molecule has 0 aromatic heterocycles. The average molecular weight is 295 g/mol. The van der Waals surface area contributed by atoms with Crippen molar-refractivity contribution in [3.05, 3.63) is 59.4 Å². The van der Waals surface area contributed by atoms with Crippen LogP contribution < -0.4 is 10.1 Å². The summed E-state index contributed by atoms with van der Waals surface area (Å²) in [5, 5.41) is 3.14. The fraction of sp³-hybridized carbons (Fsp3) is 0.250. The van der Waals surface area contributed by atoms with Crippen molar-refractivity contribution in [3.63, 3.8) is 0 Å². The van der Waals surface area contributed by atoms with Gasteiger partial charge in [-0.05, 0) is 31.7 Å². The number of hydrogen-bond donors (Lipinski definition) is 1. The Morgan fingerprint density at radius 3 is 2.29 bits per heavy atom. The lowest BCUT2D eigenvalue weighted by atomic mass is 10.1. The van der Waals surface area contributed by atoms with E-state index in [1.807, 2.05) is 13.8 Å². The molecule has 5 heteroatoms. The highest BCUT2D eigenvalue weighted by atomic mass is 19.1. The third-order valence-electron chi connectivity index (χ3n) is 3.01. The fourth-order valence-electron chi connectivity index (χ4n) is 2.08. The summed E-state index contributed by atoms with van der Waals surface area (Å²) in [6.45, 7) is 4.49. The SMILES string of the molecule is CCNC(C)c1cc(F)ccc1Oc1cc(F)cc(F)c1. The molecule has 0 amide bonds. The fourth-order valence-corrected chi connectivity index (χ4v) is 2.08. The van der Waals surface area contributed by atoms with Crippen LogP contribution in [0.2, 0.25) is 0 Å². The molecule has 0 heterocycles. The summed E-state index contributed by atoms with van der Waals surface area (Å²) in [5.74, 6) is -1.46. The standard InChI is InChI=1S/C16H16F3NO/c1-3-20-10(2)15-9-11(17)4-5-16(15)21-14-7-12(18)6-13(19)8-14/h4-10,20H,3H2,1-2H3. The van der Waals surface area contributed by atoms with Crippen LogP contribution in [0.5, 0.6) is 11.5 Å². The van der Waals surface area contributed by atoms with Crippen LogP contribution in [-0.4, -0.2) is 6.54 Å². The van der Waals surface area contributed by atoms with Crippen molar-refractivity contribution in [1.29, 1.82) is 0 Å². The van der Waals surface area contributed by atoms with Gasteiger partial charge in [-0.2, -0.15) is 0 Å². The molecule has 0 bridgehead atoms. The monoisotopic (exact) mass is 295 g/mol. The van der Waals surface area contributed by atoms with Gasteiger partial charge in [-0.3, -0.25) is 0 Å². The minimum Gasteiger partial charge on any atom is -0.457 e. The van der Waals surface area contributed by atoms with Gasteiger partial charge in [0.2, 0.25) is 0 Å². The summed E-state index contributed by atoms with van der Waals surface area (Å²) in [6.07, 6.45) is 0. The van der Waals surface area contributed by atoms with Crippen molar-refractivity contribution < 1.29 is 17.9 Å². The van der Waals surface area contributed by atoms with Crippen molar-refractivity contribution in [2.45, 2.75) is 19.9 Å². The molecule has 0 spiro atoms. The zero-order valence-corrected chi connectivity index (χ0v) is 11.8. The van der Waals surface area contributed by atoms with Crippen molar-refractivity contribution >= 4 is 0 Å². The lowest BCUT2D eigenvalue weighted by molar-refractivity contribution is 0.450. The average Bonchev–Trinajstić information content (AvgIpc) is 2.40. The van der Waals surface area contributed by atoms with Crippen LogP contribution in [0.1, 0.15) is 25.5 Å². The van der Waals surface area contributed by atoms with Gasteiger partial charge in [-0.1, -0.05) is 6.92 Å². The number of benzene rings is 2. The van der Waals surface area contributed by atoms with E-state index in [0.29, 0.717) is 17.9 Å². The van der Waals surface area contributed by atoms with Crippen LogP contribution in [0, 0.1) is 17.5 Å². The number of nitrogens with one attached hydrogen (secondary N) is 1. The Balaban J connectivity index is 2.34. The summed E-state index contributed by atoms with van der Waals surface area (Å²) in [5.41, 5.74) is 0.585. The maximum Gasteiger partial charge on any atom is 0.133 e. The normalized spacial score (nSPS) is 12.2. The van der Waals surface area contributed by atoms with Crippen LogP contribution in [0.25, 0.3) is 0 Å². The molecular weight excluding hydrogens is 279 g/mol. The summed E-state index contributed by atoms with van der Waals surface area (Å²) in [6, 6.07) is 6.80. The van der Waals surface area contributed by atoms with E-state index in [2.05, 4.69) is 5.32 Å². The first kappa shape index (κ1) is 15.4. The van der Waals surface area contributed by atoms with Crippen molar-refractivity contribution in [2.75, 3.05) is 6.54 Å². The highest BCUT2D eigenvalue weighted by Crippen LogP contribution is 2.31. The number of ether oxygens (including phenoxy) is 1. The molecule has 1 atom stereocenters. The molecule has 2 aromatic rings. The first-order valence-corrected chi connectivity index (χ1v) is 6.66. The topological polar surface area (TPSA) is 21.3 Å². The molecule has 21 heavy (non-hydrogen) atoms. The Hall–Kier alpha value is -2.01. The summed E-state index contributed by atoms with van der Waals surface area (Å²) >= 11 is 0. The number of halogens is 3. The van der Waals surface area contributed by atoms with E-state index in [4.69, 9.17) is 4.74 Å². The van der Waals surface area contributed by atoms with E-state index in [1.54, 1.807) is 0 Å². The maximum absolute atomic E-state index is 13.4. The molecule has 0 radical (unpaired) electrons. The first-order chi connectivity index (χ1) is 9.99. The van der Waals surface area contributed by atoms with Gasteiger partial charge < -0.3 is 10.1 Å². The lowest BCUT2D eigenvalue weighted by Gasteiger charge is -2.17. The second-order valence-corrected chi connectivity index (χ2v) is 4.67. The zero-order valence-electron chi connectivity index (χ0n) is 11.8. The maximum atomic E-state index is 13.4. The van der Waals surface area contributed by atoms with Crippen molar-refractivity contribution in [3.8, 4) is 11.5 Å². The lowest BCUT2D eigenvalue weighted by Crippen LogP contribution is -2.18. The molecule has 2 rings (SSSR count). The molecule has 0 aliphatic rings. The molecule has 0 aliphatic heterocycles. The Kier molecular flexibility index (Phi) is 4.85. The predicted molar refractivity (Wildman–Crippen MR) is 74.9 cm³/mol. The molecule has 1 unspecified atom stereocenters. The van der Waals surface area contributed by atoms with Gasteiger partial charge in [0.05, 0.1) is 0 Å². The zero-order chi connectivity index (χ0) is 15.4. The molecule has 0 saturated heterocycles. The summed E-state index contributed by atoms with van der Waals surface area (Å²) < 4.78 is 45.3. The molecule has 0 fully saturated rings. The largest absolute Gasteiger partial charge is 0.457 e. The molecule has 2 aromatic carbocycles. The molecule has 0 saturated carbocycles. The van der Waals surface area contributed by atoms with E-state index >= 15 is 0 Å². The Bertz CT molecular complexity index is 611. The number of hydrogen-bond acceptors (Lipinski definition) is 2. The Morgan fingerprint density at radius 1 is 1.00 bits per heavy atom. The van der Waals surface area contributed by atoms with E-state index in [9.17, 15) is 13.2 Å². The predicted octanol–water partition coefficient (Wildman–Crippen LogP) is 4.57. The van der Waals surface area contributed by atoms with Gasteiger partial charge >= 0.3 is 0 Å². The molecular formula is C16H16F3NO. The summed E-state index contributed by atoms with van der Waals surface area (Å²) in [7, 11) is 0. The second kappa shape index (κ2) is 6.63. The highest BCUT2D eigenvalue weighted by molar-refractivity contribution is 5.40. The van der Waals surface area contributed by atoms with E-state index < -0.39 is 17.5 Å². The summed E-state index contributed by atoms with van der Waals surface area (Å²) in [4.78, 5) is 0. The smallest absolute Gasteiger partial charge is 0.133 e. The number of rotatable bonds is 5. The van der Waals surface area contributed by atoms with Gasteiger partial charge in [-0.25, -0.2) is 13.2 Å². The quantitative estimate of drug-likeness (QED) is 0.872. The Labute approximate surface area is 121 Å². The van der Waals surface area contributed by atoms with E-state index in [-0.39, 0.29) is 11.8 Å². The second-order valence-electron chi connectivity index (χ2n) is 4.67. The minimum absolute atomic E-state index is 0.0315. The van der Waals surface area contributed by atoms with Crippen LogP contribution in [-0.2, 0) is 0 Å². The van der Waals surface area contributed by atoms with Crippen LogP contribution in [0.4, 0.5) is 13.2 Å². The van der Waals surface area contributed by atoms with Crippen LogP contribution >= 0.6 is 0 Å². The van der Waals surface area contributed by atoms with Crippen LogP contribution in [0.3, 0.4) is 0 Å². The van der Waals surface area contributed by atoms with Gasteiger partial charge in [-0.15, -0.1) is 0 Å². The molecule has 1 N–H and O–H groups in total. The van der Waals surface area contributed by atoms with Crippen molar-refractivity contribution in [1.82, 2.24) is 5.32 Å².